The van der Waals surface area contributed by atoms with Crippen LogP contribution < -0.4 is 5.73 Å². The van der Waals surface area contributed by atoms with Crippen LogP contribution in [-0.4, -0.2) is 17.0 Å². The molecule has 0 fully saturated rings. The lowest BCUT2D eigenvalue weighted by molar-refractivity contribution is -0.120. The van der Waals surface area contributed by atoms with Crippen molar-refractivity contribution < 1.29 is 9.90 Å². The number of rotatable bonds is 14. The van der Waals surface area contributed by atoms with E-state index in [2.05, 4.69) is 13.8 Å². The molecule has 0 bridgehead atoms. The second-order valence-corrected chi connectivity index (χ2v) is 7.64. The molecule has 0 aliphatic carbocycles. The van der Waals surface area contributed by atoms with E-state index in [-0.39, 0.29) is 17.8 Å². The van der Waals surface area contributed by atoms with Crippen LogP contribution in [0.2, 0.25) is 0 Å². The Morgan fingerprint density at radius 1 is 0.917 bits per heavy atom. The Balaban J connectivity index is 3.87. The molecule has 0 rings (SSSR count). The van der Waals surface area contributed by atoms with Crippen molar-refractivity contribution >= 4 is 5.78 Å². The van der Waals surface area contributed by atoms with E-state index in [1.807, 2.05) is 20.8 Å². The summed E-state index contributed by atoms with van der Waals surface area (Å²) in [6.45, 7) is 9.96. The van der Waals surface area contributed by atoms with Crippen molar-refractivity contribution in [1.29, 1.82) is 0 Å². The Hall–Kier alpha value is -0.830. The van der Waals surface area contributed by atoms with Crippen LogP contribution in [0.25, 0.3) is 0 Å². The van der Waals surface area contributed by atoms with Gasteiger partial charge in [-0.3, -0.25) is 4.79 Å². The SMILES string of the molecule is CCC(O)CCCCCCCCCC(C(=O)/C(C)=C(\C)N)C(C)C. The zero-order chi connectivity index (χ0) is 18.5. The summed E-state index contributed by atoms with van der Waals surface area (Å²) in [6, 6.07) is 0. The van der Waals surface area contributed by atoms with Gasteiger partial charge in [0.1, 0.15) is 0 Å². The van der Waals surface area contributed by atoms with Gasteiger partial charge in [0, 0.05) is 17.2 Å². The summed E-state index contributed by atoms with van der Waals surface area (Å²) in [4.78, 5) is 12.5. The summed E-state index contributed by atoms with van der Waals surface area (Å²) in [5, 5.41) is 9.51. The third kappa shape index (κ3) is 10.1. The molecule has 3 heteroatoms. The van der Waals surface area contributed by atoms with Gasteiger partial charge >= 0.3 is 0 Å². The van der Waals surface area contributed by atoms with E-state index in [9.17, 15) is 9.90 Å². The molecule has 0 amide bonds. The van der Waals surface area contributed by atoms with E-state index in [1.165, 1.54) is 32.1 Å². The molecule has 142 valence electrons. The number of aliphatic hydroxyl groups is 1. The number of hydrogen-bond donors (Lipinski definition) is 2. The van der Waals surface area contributed by atoms with Gasteiger partial charge in [-0.2, -0.15) is 0 Å². The summed E-state index contributed by atoms with van der Waals surface area (Å²) in [5.41, 5.74) is 7.17. The number of aliphatic hydroxyl groups excluding tert-OH is 1. The minimum absolute atomic E-state index is 0.106. The summed E-state index contributed by atoms with van der Waals surface area (Å²) in [5.74, 6) is 0.718. The normalized spacial score (nSPS) is 15.3. The fraction of sp³-hybridized carbons (Fsp3) is 0.857. The lowest BCUT2D eigenvalue weighted by Crippen LogP contribution is -2.23. The maximum Gasteiger partial charge on any atom is 0.163 e. The first-order valence-corrected chi connectivity index (χ1v) is 9.96. The molecule has 0 saturated heterocycles. The van der Waals surface area contributed by atoms with Gasteiger partial charge in [0.15, 0.2) is 5.78 Å². The standard InChI is InChI=1S/C21H41NO2/c1-6-19(23)14-12-10-8-7-9-11-13-15-20(16(2)3)21(24)17(4)18(5)22/h16,19-20,23H,6-15,22H2,1-5H3/b18-17+. The number of unbranched alkanes of at least 4 members (excludes halogenated alkanes) is 6. The number of allylic oxidation sites excluding steroid dienone is 2. The van der Waals surface area contributed by atoms with Crippen LogP contribution in [0.4, 0.5) is 0 Å². The largest absolute Gasteiger partial charge is 0.402 e. The Morgan fingerprint density at radius 2 is 1.38 bits per heavy atom. The number of Topliss-reactive ketones (excluding diaryl/α,β-unsaturated/α-hetero) is 1. The molecule has 0 heterocycles. The molecule has 0 spiro atoms. The predicted octanol–water partition coefficient (Wildman–Crippen LogP) is 5.36. The third-order valence-electron chi connectivity index (χ3n) is 5.13. The van der Waals surface area contributed by atoms with Crippen molar-refractivity contribution in [1.82, 2.24) is 0 Å². The monoisotopic (exact) mass is 339 g/mol. The Morgan fingerprint density at radius 3 is 1.79 bits per heavy atom. The van der Waals surface area contributed by atoms with E-state index < -0.39 is 0 Å². The minimum Gasteiger partial charge on any atom is -0.402 e. The number of ketones is 1. The molecule has 2 unspecified atom stereocenters. The summed E-state index contributed by atoms with van der Waals surface area (Å²) in [6.07, 6.45) is 11.2. The molecule has 0 aliphatic heterocycles. The quantitative estimate of drug-likeness (QED) is 0.331. The average molecular weight is 340 g/mol. The van der Waals surface area contributed by atoms with Gasteiger partial charge in [0.2, 0.25) is 0 Å². The minimum atomic E-state index is -0.106. The molecule has 0 aromatic rings. The average Bonchev–Trinajstić information content (AvgIpc) is 2.54. The van der Waals surface area contributed by atoms with Gasteiger partial charge in [-0.25, -0.2) is 0 Å². The zero-order valence-electron chi connectivity index (χ0n) is 16.7. The highest BCUT2D eigenvalue weighted by Crippen LogP contribution is 2.24. The van der Waals surface area contributed by atoms with Crippen LogP contribution in [0.1, 0.15) is 98.8 Å². The second-order valence-electron chi connectivity index (χ2n) is 7.64. The first kappa shape index (κ1) is 23.2. The van der Waals surface area contributed by atoms with Gasteiger partial charge in [0.05, 0.1) is 6.10 Å². The van der Waals surface area contributed by atoms with Gasteiger partial charge in [-0.1, -0.05) is 65.7 Å². The predicted molar refractivity (Wildman–Crippen MR) is 104 cm³/mol. The second kappa shape index (κ2) is 13.5. The fourth-order valence-corrected chi connectivity index (χ4v) is 3.07. The van der Waals surface area contributed by atoms with Gasteiger partial charge in [0.25, 0.3) is 0 Å². The number of carbonyl (C=O) groups excluding carboxylic acids is 1. The van der Waals surface area contributed by atoms with E-state index in [4.69, 9.17) is 5.73 Å². The van der Waals surface area contributed by atoms with Crippen molar-refractivity contribution in [2.24, 2.45) is 17.6 Å². The van der Waals surface area contributed by atoms with Crippen LogP contribution in [0.3, 0.4) is 0 Å². The van der Waals surface area contributed by atoms with E-state index in [1.54, 1.807) is 0 Å². The van der Waals surface area contributed by atoms with Crippen molar-refractivity contribution in [3.05, 3.63) is 11.3 Å². The maximum atomic E-state index is 12.5. The lowest BCUT2D eigenvalue weighted by atomic mass is 9.83. The summed E-state index contributed by atoms with van der Waals surface area (Å²) < 4.78 is 0. The third-order valence-corrected chi connectivity index (χ3v) is 5.13. The first-order chi connectivity index (χ1) is 11.3. The molecular weight excluding hydrogens is 298 g/mol. The van der Waals surface area contributed by atoms with Crippen LogP contribution in [0.5, 0.6) is 0 Å². The highest BCUT2D eigenvalue weighted by atomic mass is 16.3. The molecular formula is C21H41NO2. The van der Waals surface area contributed by atoms with Gasteiger partial charge in [-0.15, -0.1) is 0 Å². The molecule has 0 aromatic heterocycles. The number of nitrogens with two attached hydrogens (primary N) is 1. The molecule has 24 heavy (non-hydrogen) atoms. The van der Waals surface area contributed by atoms with Crippen molar-refractivity contribution in [3.63, 3.8) is 0 Å². The smallest absolute Gasteiger partial charge is 0.163 e. The van der Waals surface area contributed by atoms with Crippen molar-refractivity contribution in [2.75, 3.05) is 0 Å². The summed E-state index contributed by atoms with van der Waals surface area (Å²) in [7, 11) is 0. The molecule has 0 radical (unpaired) electrons. The van der Waals surface area contributed by atoms with E-state index in [0.29, 0.717) is 11.6 Å². The number of carbonyl (C=O) groups is 1. The topological polar surface area (TPSA) is 63.3 Å². The first-order valence-electron chi connectivity index (χ1n) is 9.96. The van der Waals surface area contributed by atoms with Crippen molar-refractivity contribution in [2.45, 2.75) is 105 Å². The van der Waals surface area contributed by atoms with Crippen molar-refractivity contribution in [3.8, 4) is 0 Å². The summed E-state index contributed by atoms with van der Waals surface area (Å²) >= 11 is 0. The Kier molecular flexibility index (Phi) is 13.0. The zero-order valence-corrected chi connectivity index (χ0v) is 16.7. The highest BCUT2D eigenvalue weighted by molar-refractivity contribution is 5.97. The molecule has 0 saturated carbocycles. The lowest BCUT2D eigenvalue weighted by Gasteiger charge is -2.20. The number of hydrogen-bond acceptors (Lipinski definition) is 3. The van der Waals surface area contributed by atoms with E-state index >= 15 is 0 Å². The van der Waals surface area contributed by atoms with Gasteiger partial charge < -0.3 is 10.8 Å². The van der Waals surface area contributed by atoms with E-state index in [0.717, 1.165) is 37.7 Å². The molecule has 0 aromatic carbocycles. The molecule has 3 nitrogen and oxygen atoms in total. The van der Waals surface area contributed by atoms with Crippen LogP contribution in [-0.2, 0) is 4.79 Å². The van der Waals surface area contributed by atoms with Crippen LogP contribution >= 0.6 is 0 Å². The Bertz CT molecular complexity index is 370. The van der Waals surface area contributed by atoms with Crippen LogP contribution in [0, 0.1) is 11.8 Å². The Labute approximate surface area is 150 Å². The fourth-order valence-electron chi connectivity index (χ4n) is 3.07. The molecule has 3 N–H and O–H groups in total. The van der Waals surface area contributed by atoms with Gasteiger partial charge in [-0.05, 0) is 39.0 Å². The highest BCUT2D eigenvalue weighted by Gasteiger charge is 2.23. The maximum absolute atomic E-state index is 12.5. The van der Waals surface area contributed by atoms with Crippen LogP contribution in [0.15, 0.2) is 11.3 Å². The molecule has 0 aliphatic rings. The molecule has 2 atom stereocenters.